The van der Waals surface area contributed by atoms with Crippen LogP contribution in [0.3, 0.4) is 0 Å². The zero-order valence-electron chi connectivity index (χ0n) is 34.6. The van der Waals surface area contributed by atoms with Crippen LogP contribution in [0.2, 0.25) is 0 Å². The number of carbonyl (C=O) groups is 2. The standard InChI is InChI=1S/C44H79O10P/c1-3-5-7-9-11-13-15-17-19-20-22-24-26-28-30-32-34-36-44(48)54-42(40-53-55(49,50)52-38-41(46)37-45)39-51-43(47)35-33-31-29-27-25-23-21-18-16-14-12-10-8-6-4-2/h6,8,10,12,14,16,18,21,41-42,45-46H,3-5,7,9,11,13,15,17,19-20,22-40H2,1-2H3,(H,49,50)/b8-6+,12-10+,16-14+,21-18+/t41-,42+/m0/s1. The molecule has 0 amide bonds. The SMILES string of the molecule is CC/C=C/C=C/C=C/C=C/CCCCCCCC(=O)OC[C@H](COP(=O)(O)OC[C@@H](O)CO)OC(=O)CCCCCCCCCCCCCCCCCCC. The summed E-state index contributed by atoms with van der Waals surface area (Å²) in [5.74, 6) is -0.949. The summed E-state index contributed by atoms with van der Waals surface area (Å²) < 4.78 is 32.7. The number of aliphatic hydroxyl groups excluding tert-OH is 2. The van der Waals surface area contributed by atoms with Gasteiger partial charge in [0.2, 0.25) is 0 Å². The van der Waals surface area contributed by atoms with Crippen LogP contribution < -0.4 is 0 Å². The lowest BCUT2D eigenvalue weighted by Crippen LogP contribution is -2.29. The van der Waals surface area contributed by atoms with Crippen molar-refractivity contribution in [2.75, 3.05) is 26.4 Å². The molecular formula is C44H79O10P. The highest BCUT2D eigenvalue weighted by atomic mass is 31.2. The van der Waals surface area contributed by atoms with Gasteiger partial charge in [-0.25, -0.2) is 4.57 Å². The van der Waals surface area contributed by atoms with Crippen molar-refractivity contribution < 1.29 is 47.8 Å². The Morgan fingerprint density at radius 2 is 1.00 bits per heavy atom. The second kappa shape index (κ2) is 40.1. The second-order valence-corrected chi connectivity index (χ2v) is 15.9. The Morgan fingerprint density at radius 1 is 0.564 bits per heavy atom. The number of hydrogen-bond acceptors (Lipinski definition) is 9. The lowest BCUT2D eigenvalue weighted by molar-refractivity contribution is -0.161. The summed E-state index contributed by atoms with van der Waals surface area (Å²) in [5, 5.41) is 18.3. The second-order valence-electron chi connectivity index (χ2n) is 14.4. The number of phosphoric ester groups is 1. The van der Waals surface area contributed by atoms with Crippen LogP contribution >= 0.6 is 7.82 Å². The normalized spacial score (nSPS) is 14.3. The average Bonchev–Trinajstić information content (AvgIpc) is 3.17. The molecule has 0 aliphatic heterocycles. The van der Waals surface area contributed by atoms with E-state index in [0.29, 0.717) is 12.8 Å². The Morgan fingerprint density at radius 3 is 1.51 bits per heavy atom. The van der Waals surface area contributed by atoms with Crippen molar-refractivity contribution in [3.05, 3.63) is 48.6 Å². The maximum absolute atomic E-state index is 12.6. The molecule has 10 nitrogen and oxygen atoms in total. The van der Waals surface area contributed by atoms with E-state index in [1.807, 2.05) is 30.4 Å². The Hall–Kier alpha value is -2.07. The molecule has 3 atom stereocenters. The van der Waals surface area contributed by atoms with Crippen LogP contribution in [0.25, 0.3) is 0 Å². The molecule has 3 N–H and O–H groups in total. The smallest absolute Gasteiger partial charge is 0.462 e. The van der Waals surface area contributed by atoms with Crippen LogP contribution in [0, 0.1) is 0 Å². The molecule has 0 aromatic heterocycles. The summed E-state index contributed by atoms with van der Waals surface area (Å²) in [7, 11) is -4.62. The van der Waals surface area contributed by atoms with Crippen molar-refractivity contribution in [1.29, 1.82) is 0 Å². The van der Waals surface area contributed by atoms with Gasteiger partial charge in [-0.05, 0) is 32.1 Å². The van der Waals surface area contributed by atoms with Gasteiger partial charge in [0.15, 0.2) is 6.10 Å². The summed E-state index contributed by atoms with van der Waals surface area (Å²) >= 11 is 0. The Labute approximate surface area is 334 Å². The van der Waals surface area contributed by atoms with Gasteiger partial charge in [0.25, 0.3) is 0 Å². The molecule has 11 heteroatoms. The van der Waals surface area contributed by atoms with Crippen LogP contribution in [0.1, 0.15) is 181 Å². The monoisotopic (exact) mass is 799 g/mol. The highest BCUT2D eigenvalue weighted by Gasteiger charge is 2.27. The number of unbranched alkanes of at least 4 members (excludes halogenated alkanes) is 21. The van der Waals surface area contributed by atoms with E-state index in [4.69, 9.17) is 19.1 Å². The fraction of sp³-hybridized carbons (Fsp3) is 0.773. The van der Waals surface area contributed by atoms with Gasteiger partial charge in [0, 0.05) is 12.8 Å². The maximum atomic E-state index is 12.6. The van der Waals surface area contributed by atoms with Crippen molar-refractivity contribution in [3.8, 4) is 0 Å². The molecule has 55 heavy (non-hydrogen) atoms. The van der Waals surface area contributed by atoms with Gasteiger partial charge in [-0.3, -0.25) is 18.6 Å². The number of aliphatic hydroxyl groups is 2. The predicted molar refractivity (Wildman–Crippen MR) is 224 cm³/mol. The molecule has 0 aromatic carbocycles. The largest absolute Gasteiger partial charge is 0.472 e. The van der Waals surface area contributed by atoms with Crippen molar-refractivity contribution in [3.63, 3.8) is 0 Å². The van der Waals surface area contributed by atoms with E-state index >= 15 is 0 Å². The van der Waals surface area contributed by atoms with Gasteiger partial charge in [-0.1, -0.05) is 184 Å². The summed E-state index contributed by atoms with van der Waals surface area (Å²) in [6.45, 7) is 2.22. The molecule has 0 fully saturated rings. The average molecular weight is 799 g/mol. The third kappa shape index (κ3) is 39.9. The first-order valence-electron chi connectivity index (χ1n) is 21.6. The van der Waals surface area contributed by atoms with E-state index in [2.05, 4.69) is 36.6 Å². The molecular weight excluding hydrogens is 719 g/mol. The van der Waals surface area contributed by atoms with E-state index in [1.54, 1.807) is 0 Å². The van der Waals surface area contributed by atoms with Crippen LogP contribution in [-0.2, 0) is 32.7 Å². The van der Waals surface area contributed by atoms with E-state index in [9.17, 15) is 24.2 Å². The van der Waals surface area contributed by atoms with Crippen molar-refractivity contribution >= 4 is 19.8 Å². The third-order valence-corrected chi connectivity index (χ3v) is 10.0. The topological polar surface area (TPSA) is 149 Å². The lowest BCUT2D eigenvalue weighted by Gasteiger charge is -2.20. The van der Waals surface area contributed by atoms with Crippen molar-refractivity contribution in [1.82, 2.24) is 0 Å². The lowest BCUT2D eigenvalue weighted by atomic mass is 10.0. The van der Waals surface area contributed by atoms with Crippen LogP contribution in [0.5, 0.6) is 0 Å². The molecule has 320 valence electrons. The highest BCUT2D eigenvalue weighted by Crippen LogP contribution is 2.43. The first kappa shape index (κ1) is 52.9. The fourth-order valence-electron chi connectivity index (χ4n) is 5.77. The Bertz CT molecular complexity index is 1060. The summed E-state index contributed by atoms with van der Waals surface area (Å²) in [5.41, 5.74) is 0. The number of ether oxygens (including phenoxy) is 2. The number of allylic oxidation sites excluding steroid dienone is 8. The van der Waals surface area contributed by atoms with E-state index in [0.717, 1.165) is 57.8 Å². The summed E-state index contributed by atoms with van der Waals surface area (Å²) in [6.07, 6.45) is 42.2. The molecule has 0 bridgehead atoms. The molecule has 1 unspecified atom stereocenters. The van der Waals surface area contributed by atoms with E-state index in [-0.39, 0.29) is 19.4 Å². The molecule has 0 aliphatic carbocycles. The van der Waals surface area contributed by atoms with Gasteiger partial charge in [-0.15, -0.1) is 0 Å². The predicted octanol–water partition coefficient (Wildman–Crippen LogP) is 11.3. The maximum Gasteiger partial charge on any atom is 0.472 e. The molecule has 0 saturated heterocycles. The number of esters is 2. The fourth-order valence-corrected chi connectivity index (χ4v) is 6.56. The zero-order valence-corrected chi connectivity index (χ0v) is 35.5. The van der Waals surface area contributed by atoms with Crippen LogP contribution in [0.4, 0.5) is 0 Å². The highest BCUT2D eigenvalue weighted by molar-refractivity contribution is 7.47. The van der Waals surface area contributed by atoms with Gasteiger partial charge in [0.1, 0.15) is 12.7 Å². The minimum absolute atomic E-state index is 0.180. The molecule has 0 saturated carbocycles. The minimum atomic E-state index is -4.62. The van der Waals surface area contributed by atoms with Crippen molar-refractivity contribution in [2.24, 2.45) is 0 Å². The van der Waals surface area contributed by atoms with Gasteiger partial charge in [0.05, 0.1) is 19.8 Å². The Kier molecular flexibility index (Phi) is 38.6. The Balaban J connectivity index is 4.31. The molecule has 0 spiro atoms. The first-order valence-corrected chi connectivity index (χ1v) is 23.1. The van der Waals surface area contributed by atoms with Gasteiger partial charge in [-0.2, -0.15) is 0 Å². The molecule has 0 heterocycles. The number of rotatable bonds is 40. The first-order chi connectivity index (χ1) is 26.7. The molecule has 0 aliphatic rings. The number of hydrogen-bond donors (Lipinski definition) is 3. The van der Waals surface area contributed by atoms with Crippen molar-refractivity contribution in [2.45, 2.75) is 193 Å². The zero-order chi connectivity index (χ0) is 40.5. The van der Waals surface area contributed by atoms with E-state index in [1.165, 1.54) is 83.5 Å². The number of carbonyl (C=O) groups excluding carboxylic acids is 2. The quantitative estimate of drug-likeness (QED) is 0.0237. The molecule has 0 aromatic rings. The third-order valence-electron chi connectivity index (χ3n) is 9.09. The van der Waals surface area contributed by atoms with Crippen LogP contribution in [0.15, 0.2) is 48.6 Å². The van der Waals surface area contributed by atoms with Gasteiger partial charge < -0.3 is 24.6 Å². The van der Waals surface area contributed by atoms with Crippen LogP contribution in [-0.4, -0.2) is 65.7 Å². The minimum Gasteiger partial charge on any atom is -0.462 e. The molecule has 0 radical (unpaired) electrons. The summed E-state index contributed by atoms with van der Waals surface area (Å²) in [6, 6.07) is 0. The van der Waals surface area contributed by atoms with Gasteiger partial charge >= 0.3 is 19.8 Å². The van der Waals surface area contributed by atoms with E-state index < -0.39 is 51.8 Å². The number of phosphoric acid groups is 1. The summed E-state index contributed by atoms with van der Waals surface area (Å²) in [4.78, 5) is 35.0. The molecule has 0 rings (SSSR count).